The van der Waals surface area contributed by atoms with Gasteiger partial charge >= 0.3 is 0 Å². The fourth-order valence-electron chi connectivity index (χ4n) is 3.02. The van der Waals surface area contributed by atoms with Crippen LogP contribution in [0.25, 0.3) is 0 Å². The normalized spacial score (nSPS) is 29.1. The lowest BCUT2D eigenvalue weighted by Gasteiger charge is -2.27. The van der Waals surface area contributed by atoms with Gasteiger partial charge in [0.05, 0.1) is 5.92 Å². The first kappa shape index (κ1) is 13.3. The number of rotatable bonds is 2. The summed E-state index contributed by atoms with van der Waals surface area (Å²) in [4.78, 5) is 14.4. The molecule has 1 amide bonds. The van der Waals surface area contributed by atoms with Crippen LogP contribution in [-0.4, -0.2) is 28.2 Å². The Kier molecular flexibility index (Phi) is 3.48. The monoisotopic (exact) mass is 297 g/mol. The summed E-state index contributed by atoms with van der Waals surface area (Å²) in [6.45, 7) is 1.70. The summed E-state index contributed by atoms with van der Waals surface area (Å²) in [5.74, 6) is -0.221. The van der Waals surface area contributed by atoms with E-state index in [1.54, 1.807) is 0 Å². The van der Waals surface area contributed by atoms with Crippen LogP contribution >= 0.6 is 23.2 Å². The molecule has 3 rings (SSSR count). The Balaban J connectivity index is 1.76. The summed E-state index contributed by atoms with van der Waals surface area (Å²) in [7, 11) is 0. The van der Waals surface area contributed by atoms with Crippen LogP contribution in [-0.2, 0) is 4.79 Å². The Hall–Kier alpha value is -0.730. The van der Waals surface area contributed by atoms with Gasteiger partial charge in [0.1, 0.15) is 4.33 Å². The first-order chi connectivity index (χ1) is 9.12. The van der Waals surface area contributed by atoms with Crippen molar-refractivity contribution in [2.75, 3.05) is 13.1 Å². The molecule has 1 aromatic carbocycles. The van der Waals surface area contributed by atoms with Gasteiger partial charge in [-0.2, -0.15) is 0 Å². The summed E-state index contributed by atoms with van der Waals surface area (Å²) in [6.07, 6.45) is 3.39. The molecule has 2 aliphatic rings. The van der Waals surface area contributed by atoms with Crippen LogP contribution in [0.1, 0.15) is 30.7 Å². The largest absolute Gasteiger partial charge is 0.342 e. The molecule has 1 aliphatic heterocycles. The minimum atomic E-state index is -0.935. The molecular formula is C15H17Cl2NO. The second-order valence-corrected chi connectivity index (χ2v) is 6.87. The van der Waals surface area contributed by atoms with E-state index < -0.39 is 4.33 Å². The Labute approximate surface area is 123 Å². The Morgan fingerprint density at radius 1 is 1.11 bits per heavy atom. The van der Waals surface area contributed by atoms with Gasteiger partial charge in [0.25, 0.3) is 0 Å². The highest BCUT2D eigenvalue weighted by molar-refractivity contribution is 6.53. The molecule has 0 radical (unpaired) electrons. The molecule has 1 heterocycles. The molecule has 1 saturated carbocycles. The third kappa shape index (κ3) is 2.36. The highest BCUT2D eigenvalue weighted by Crippen LogP contribution is 2.65. The van der Waals surface area contributed by atoms with E-state index in [9.17, 15) is 4.79 Å². The van der Waals surface area contributed by atoms with Gasteiger partial charge in [0.2, 0.25) is 5.91 Å². The molecule has 1 aliphatic carbocycles. The molecule has 1 aromatic rings. The van der Waals surface area contributed by atoms with Crippen LogP contribution in [0.15, 0.2) is 30.3 Å². The van der Waals surface area contributed by atoms with E-state index in [0.29, 0.717) is 0 Å². The average molecular weight is 298 g/mol. The SMILES string of the molecule is O=C([C@H]1[C@H](c2ccccc2)C1(Cl)Cl)N1CCCCC1. The predicted molar refractivity (Wildman–Crippen MR) is 77.5 cm³/mol. The summed E-state index contributed by atoms with van der Waals surface area (Å²) in [6, 6.07) is 9.86. The van der Waals surface area contributed by atoms with Crippen LogP contribution in [0.4, 0.5) is 0 Å². The van der Waals surface area contributed by atoms with Crippen LogP contribution < -0.4 is 0 Å². The molecule has 102 valence electrons. The number of hydrogen-bond donors (Lipinski definition) is 0. The number of nitrogens with zero attached hydrogens (tertiary/aromatic N) is 1. The molecule has 19 heavy (non-hydrogen) atoms. The zero-order valence-corrected chi connectivity index (χ0v) is 12.2. The van der Waals surface area contributed by atoms with E-state index in [0.717, 1.165) is 31.5 Å². The first-order valence-corrected chi connectivity index (χ1v) is 7.59. The number of carbonyl (C=O) groups is 1. The number of piperidine rings is 1. The van der Waals surface area contributed by atoms with Crippen molar-refractivity contribution in [2.45, 2.75) is 29.5 Å². The maximum Gasteiger partial charge on any atom is 0.229 e. The van der Waals surface area contributed by atoms with Crippen LogP contribution in [0.2, 0.25) is 0 Å². The maximum absolute atomic E-state index is 12.5. The molecule has 0 bridgehead atoms. The Morgan fingerprint density at radius 3 is 2.37 bits per heavy atom. The lowest BCUT2D eigenvalue weighted by molar-refractivity contribution is -0.133. The van der Waals surface area contributed by atoms with Gasteiger partial charge in [0, 0.05) is 19.0 Å². The molecule has 0 aromatic heterocycles. The number of halogens is 2. The number of benzene rings is 1. The lowest BCUT2D eigenvalue weighted by Crippen LogP contribution is -2.37. The van der Waals surface area contributed by atoms with Gasteiger partial charge in [-0.25, -0.2) is 0 Å². The smallest absolute Gasteiger partial charge is 0.229 e. The zero-order chi connectivity index (χ0) is 13.5. The second-order valence-electron chi connectivity index (χ2n) is 5.43. The standard InChI is InChI=1S/C15H17Cl2NO/c16-15(17)12(11-7-3-1-4-8-11)13(15)14(19)18-9-5-2-6-10-18/h1,3-4,7-8,12-13H,2,5-6,9-10H2/t12-,13+/m0/s1. The van der Waals surface area contributed by atoms with E-state index in [2.05, 4.69) is 0 Å². The fourth-order valence-corrected chi connectivity index (χ4v) is 3.84. The number of hydrogen-bond acceptors (Lipinski definition) is 1. The average Bonchev–Trinajstić information content (AvgIpc) is 3.02. The number of alkyl halides is 2. The zero-order valence-electron chi connectivity index (χ0n) is 10.7. The molecule has 0 spiro atoms. The van der Waals surface area contributed by atoms with Gasteiger partial charge in [-0.05, 0) is 24.8 Å². The topological polar surface area (TPSA) is 20.3 Å². The van der Waals surface area contributed by atoms with Crippen molar-refractivity contribution >= 4 is 29.1 Å². The van der Waals surface area contributed by atoms with Crippen LogP contribution in [0.3, 0.4) is 0 Å². The van der Waals surface area contributed by atoms with Gasteiger partial charge in [-0.15, -0.1) is 23.2 Å². The molecule has 2 nitrogen and oxygen atoms in total. The van der Waals surface area contributed by atoms with Crippen molar-refractivity contribution in [3.8, 4) is 0 Å². The van der Waals surface area contributed by atoms with Gasteiger partial charge in [0.15, 0.2) is 0 Å². The number of amides is 1. The summed E-state index contributed by atoms with van der Waals surface area (Å²) in [5.41, 5.74) is 1.06. The van der Waals surface area contributed by atoms with Crippen molar-refractivity contribution < 1.29 is 4.79 Å². The van der Waals surface area contributed by atoms with Crippen molar-refractivity contribution in [2.24, 2.45) is 5.92 Å². The van der Waals surface area contributed by atoms with Gasteiger partial charge in [-0.1, -0.05) is 30.3 Å². The highest BCUT2D eigenvalue weighted by atomic mass is 35.5. The first-order valence-electron chi connectivity index (χ1n) is 6.84. The molecular weight excluding hydrogens is 281 g/mol. The van der Waals surface area contributed by atoms with E-state index in [-0.39, 0.29) is 17.7 Å². The van der Waals surface area contributed by atoms with Crippen molar-refractivity contribution in [1.82, 2.24) is 4.90 Å². The maximum atomic E-state index is 12.5. The van der Waals surface area contributed by atoms with E-state index >= 15 is 0 Å². The van der Waals surface area contributed by atoms with E-state index in [1.165, 1.54) is 6.42 Å². The quantitative estimate of drug-likeness (QED) is 0.764. The van der Waals surface area contributed by atoms with Crippen molar-refractivity contribution in [3.63, 3.8) is 0 Å². The second kappa shape index (κ2) is 4.99. The molecule has 4 heteroatoms. The van der Waals surface area contributed by atoms with Crippen molar-refractivity contribution in [1.29, 1.82) is 0 Å². The molecule has 2 fully saturated rings. The Bertz CT molecular complexity index is 468. The minimum absolute atomic E-state index is 0.0635. The van der Waals surface area contributed by atoms with E-state index in [1.807, 2.05) is 35.2 Å². The lowest BCUT2D eigenvalue weighted by atomic mass is 10.1. The fraction of sp³-hybridized carbons (Fsp3) is 0.533. The highest BCUT2D eigenvalue weighted by Gasteiger charge is 2.68. The molecule has 1 saturated heterocycles. The molecule has 0 unspecified atom stereocenters. The summed E-state index contributed by atoms with van der Waals surface area (Å²) in [5, 5.41) is 0. The van der Waals surface area contributed by atoms with Crippen LogP contribution in [0.5, 0.6) is 0 Å². The van der Waals surface area contributed by atoms with Gasteiger partial charge in [-0.3, -0.25) is 4.79 Å². The third-order valence-corrected chi connectivity index (χ3v) is 5.09. The number of carbonyl (C=O) groups excluding carboxylic acids is 1. The van der Waals surface area contributed by atoms with Crippen LogP contribution in [0, 0.1) is 5.92 Å². The summed E-state index contributed by atoms with van der Waals surface area (Å²) >= 11 is 12.7. The Morgan fingerprint density at radius 2 is 1.74 bits per heavy atom. The minimum Gasteiger partial charge on any atom is -0.342 e. The van der Waals surface area contributed by atoms with E-state index in [4.69, 9.17) is 23.2 Å². The predicted octanol–water partition coefficient (Wildman–Crippen LogP) is 3.59. The van der Waals surface area contributed by atoms with Crippen molar-refractivity contribution in [3.05, 3.63) is 35.9 Å². The number of likely N-dealkylation sites (tertiary alicyclic amines) is 1. The summed E-state index contributed by atoms with van der Waals surface area (Å²) < 4.78 is -0.935. The third-order valence-electron chi connectivity index (χ3n) is 4.15. The van der Waals surface area contributed by atoms with Gasteiger partial charge < -0.3 is 4.90 Å². The molecule has 0 N–H and O–H groups in total. The molecule has 2 atom stereocenters.